The van der Waals surface area contributed by atoms with Crippen LogP contribution in [0, 0.1) is 0 Å². The average molecular weight is 286 g/mol. The third kappa shape index (κ3) is 4.44. The maximum atomic E-state index is 11.8. The first-order valence-corrected chi connectivity index (χ1v) is 6.20. The Morgan fingerprint density at radius 1 is 1.47 bits per heavy atom. The normalized spacial score (nSPS) is 11.7. The van der Waals surface area contributed by atoms with E-state index in [-0.39, 0.29) is 12.3 Å². The molecule has 0 unspecified atom stereocenters. The largest absolute Gasteiger partial charge is 0.496 e. The van der Waals surface area contributed by atoms with Gasteiger partial charge >= 0.3 is 5.97 Å². The lowest BCUT2D eigenvalue weighted by atomic mass is 10.1. The van der Waals surface area contributed by atoms with Crippen LogP contribution in [0.1, 0.15) is 18.9 Å². The number of carboxylic acid groups (broad SMARTS) is 1. The molecule has 2 N–H and O–H groups in total. The van der Waals surface area contributed by atoms with Crippen LogP contribution in [-0.4, -0.2) is 30.1 Å². The highest BCUT2D eigenvalue weighted by Crippen LogP contribution is 2.23. The van der Waals surface area contributed by atoms with E-state index >= 15 is 0 Å². The molecule has 1 rings (SSSR count). The molecule has 0 aliphatic carbocycles. The Morgan fingerprint density at radius 3 is 2.68 bits per heavy atom. The fourth-order valence-electron chi connectivity index (χ4n) is 1.64. The number of halogens is 1. The summed E-state index contributed by atoms with van der Waals surface area (Å²) in [5, 5.41) is 11.8. The summed E-state index contributed by atoms with van der Waals surface area (Å²) < 4.78 is 5.13. The number of benzene rings is 1. The first-order valence-electron chi connectivity index (χ1n) is 5.82. The summed E-state index contributed by atoms with van der Waals surface area (Å²) in [4.78, 5) is 22.6. The molecule has 1 amide bonds. The molecular weight excluding hydrogens is 270 g/mol. The van der Waals surface area contributed by atoms with Crippen LogP contribution in [-0.2, 0) is 16.0 Å². The fraction of sp³-hybridized carbons (Fsp3) is 0.385. The van der Waals surface area contributed by atoms with Gasteiger partial charge in [-0.05, 0) is 24.6 Å². The molecule has 5 nitrogen and oxygen atoms in total. The summed E-state index contributed by atoms with van der Waals surface area (Å²) in [5.74, 6) is -0.883. The zero-order valence-corrected chi connectivity index (χ0v) is 11.5. The molecule has 1 aromatic rings. The van der Waals surface area contributed by atoms with Crippen LogP contribution in [0.15, 0.2) is 18.2 Å². The first kappa shape index (κ1) is 15.3. The molecule has 104 valence electrons. The van der Waals surface area contributed by atoms with Crippen molar-refractivity contribution in [2.45, 2.75) is 25.8 Å². The molecular formula is C13H16ClNO4. The predicted molar refractivity (Wildman–Crippen MR) is 71.6 cm³/mol. The number of hydrogen-bond acceptors (Lipinski definition) is 3. The number of methoxy groups -OCH3 is 1. The van der Waals surface area contributed by atoms with Crippen LogP contribution in [0.5, 0.6) is 5.75 Å². The number of carboxylic acids is 1. The molecule has 0 aliphatic rings. The lowest BCUT2D eigenvalue weighted by Gasteiger charge is -2.13. The van der Waals surface area contributed by atoms with Gasteiger partial charge < -0.3 is 15.2 Å². The Morgan fingerprint density at radius 2 is 2.16 bits per heavy atom. The van der Waals surface area contributed by atoms with Crippen molar-refractivity contribution in [3.63, 3.8) is 0 Å². The standard InChI is InChI=1S/C13H16ClNO4/c1-3-10(13(17)18)15-12(16)7-8-6-9(14)4-5-11(8)19-2/h4-6,10H,3,7H2,1-2H3,(H,15,16)(H,17,18)/t10-/m1/s1. The van der Waals surface area contributed by atoms with Gasteiger partial charge in [0.1, 0.15) is 11.8 Å². The van der Waals surface area contributed by atoms with Crippen LogP contribution in [0.2, 0.25) is 5.02 Å². The summed E-state index contributed by atoms with van der Waals surface area (Å²) in [6.07, 6.45) is 0.348. The van der Waals surface area contributed by atoms with Gasteiger partial charge in [0.15, 0.2) is 0 Å². The molecule has 19 heavy (non-hydrogen) atoms. The third-order valence-corrected chi connectivity index (χ3v) is 2.87. The molecule has 0 fully saturated rings. The summed E-state index contributed by atoms with van der Waals surface area (Å²) in [6, 6.07) is 4.08. The number of carbonyl (C=O) groups is 2. The van der Waals surface area contributed by atoms with E-state index in [1.165, 1.54) is 7.11 Å². The molecule has 0 bridgehead atoms. The smallest absolute Gasteiger partial charge is 0.326 e. The Labute approximate surface area is 116 Å². The lowest BCUT2D eigenvalue weighted by Crippen LogP contribution is -2.41. The highest BCUT2D eigenvalue weighted by atomic mass is 35.5. The number of nitrogens with one attached hydrogen (secondary N) is 1. The van der Waals surface area contributed by atoms with Crippen molar-refractivity contribution < 1.29 is 19.4 Å². The second-order valence-electron chi connectivity index (χ2n) is 4.00. The topological polar surface area (TPSA) is 75.6 Å². The third-order valence-electron chi connectivity index (χ3n) is 2.64. The molecule has 0 radical (unpaired) electrons. The quantitative estimate of drug-likeness (QED) is 0.837. The van der Waals surface area contributed by atoms with Crippen molar-refractivity contribution >= 4 is 23.5 Å². The number of aliphatic carboxylic acids is 1. The van der Waals surface area contributed by atoms with Crippen molar-refractivity contribution in [2.24, 2.45) is 0 Å². The van der Waals surface area contributed by atoms with Crippen LogP contribution in [0.3, 0.4) is 0 Å². The average Bonchev–Trinajstić information content (AvgIpc) is 2.35. The van der Waals surface area contributed by atoms with Gasteiger partial charge in [0, 0.05) is 10.6 Å². The molecule has 0 saturated heterocycles. The number of carbonyl (C=O) groups excluding carboxylic acids is 1. The highest BCUT2D eigenvalue weighted by Gasteiger charge is 2.18. The van der Waals surface area contributed by atoms with Gasteiger partial charge in [-0.1, -0.05) is 18.5 Å². The van der Waals surface area contributed by atoms with Gasteiger partial charge in [0.05, 0.1) is 13.5 Å². The lowest BCUT2D eigenvalue weighted by molar-refractivity contribution is -0.141. The van der Waals surface area contributed by atoms with E-state index in [1.54, 1.807) is 25.1 Å². The van der Waals surface area contributed by atoms with Gasteiger partial charge in [-0.25, -0.2) is 4.79 Å². The summed E-state index contributed by atoms with van der Waals surface area (Å²) in [7, 11) is 1.50. The first-order chi connectivity index (χ1) is 8.97. The maximum Gasteiger partial charge on any atom is 0.326 e. The van der Waals surface area contributed by atoms with Gasteiger partial charge in [0.25, 0.3) is 0 Å². The van der Waals surface area contributed by atoms with Gasteiger partial charge in [-0.2, -0.15) is 0 Å². The Kier molecular flexibility index (Phi) is 5.63. The zero-order chi connectivity index (χ0) is 14.4. The van der Waals surface area contributed by atoms with Crippen molar-refractivity contribution in [1.29, 1.82) is 0 Å². The van der Waals surface area contributed by atoms with Crippen LogP contribution < -0.4 is 10.1 Å². The molecule has 0 aliphatic heterocycles. The van der Waals surface area contributed by atoms with Gasteiger partial charge in [-0.15, -0.1) is 0 Å². The minimum atomic E-state index is -1.05. The fourth-order valence-corrected chi connectivity index (χ4v) is 1.84. The minimum Gasteiger partial charge on any atom is -0.496 e. The Balaban J connectivity index is 2.76. The zero-order valence-electron chi connectivity index (χ0n) is 10.8. The highest BCUT2D eigenvalue weighted by molar-refractivity contribution is 6.30. The van der Waals surface area contributed by atoms with Gasteiger partial charge in [0.2, 0.25) is 5.91 Å². The molecule has 1 aromatic carbocycles. The van der Waals surface area contributed by atoms with E-state index in [0.29, 0.717) is 22.8 Å². The monoisotopic (exact) mass is 285 g/mol. The molecule has 0 spiro atoms. The molecule has 0 aromatic heterocycles. The number of amides is 1. The van der Waals surface area contributed by atoms with E-state index in [0.717, 1.165) is 0 Å². The van der Waals surface area contributed by atoms with E-state index in [4.69, 9.17) is 21.4 Å². The summed E-state index contributed by atoms with van der Waals surface area (Å²) >= 11 is 5.86. The van der Waals surface area contributed by atoms with E-state index in [9.17, 15) is 9.59 Å². The van der Waals surface area contributed by atoms with E-state index < -0.39 is 12.0 Å². The van der Waals surface area contributed by atoms with Crippen LogP contribution >= 0.6 is 11.6 Å². The van der Waals surface area contributed by atoms with Crippen molar-refractivity contribution in [2.75, 3.05) is 7.11 Å². The number of hydrogen-bond donors (Lipinski definition) is 2. The second-order valence-corrected chi connectivity index (χ2v) is 4.44. The Hall–Kier alpha value is -1.75. The van der Waals surface area contributed by atoms with Crippen molar-refractivity contribution in [1.82, 2.24) is 5.32 Å². The Bertz CT molecular complexity index is 476. The molecule has 6 heteroatoms. The number of rotatable bonds is 6. The van der Waals surface area contributed by atoms with Crippen molar-refractivity contribution in [3.8, 4) is 5.75 Å². The molecule has 0 saturated carbocycles. The van der Waals surface area contributed by atoms with Crippen LogP contribution in [0.25, 0.3) is 0 Å². The predicted octanol–water partition coefficient (Wildman–Crippen LogP) is 1.87. The number of ether oxygens (including phenoxy) is 1. The van der Waals surface area contributed by atoms with Gasteiger partial charge in [-0.3, -0.25) is 4.79 Å². The minimum absolute atomic E-state index is 0.0213. The second kappa shape index (κ2) is 6.99. The summed E-state index contributed by atoms with van der Waals surface area (Å²) in [5.41, 5.74) is 0.618. The molecule has 1 atom stereocenters. The van der Waals surface area contributed by atoms with E-state index in [1.807, 2.05) is 0 Å². The molecule has 0 heterocycles. The van der Waals surface area contributed by atoms with Crippen molar-refractivity contribution in [3.05, 3.63) is 28.8 Å². The van der Waals surface area contributed by atoms with E-state index in [2.05, 4.69) is 5.32 Å². The summed E-state index contributed by atoms with van der Waals surface area (Å²) in [6.45, 7) is 1.69. The SMILES string of the molecule is CC[C@@H](NC(=O)Cc1cc(Cl)ccc1OC)C(=O)O. The van der Waals surface area contributed by atoms with Crippen LogP contribution in [0.4, 0.5) is 0 Å². The maximum absolute atomic E-state index is 11.8.